The minimum atomic E-state index is -0.524. The first kappa shape index (κ1) is 13.2. The van der Waals surface area contributed by atoms with Gasteiger partial charge in [0.1, 0.15) is 5.82 Å². The number of halogens is 3. The summed E-state index contributed by atoms with van der Waals surface area (Å²) in [6.07, 6.45) is 0. The summed E-state index contributed by atoms with van der Waals surface area (Å²) >= 11 is 12.0. The van der Waals surface area contributed by atoms with Gasteiger partial charge in [0.2, 0.25) is 5.95 Å². The van der Waals surface area contributed by atoms with Gasteiger partial charge in [0.15, 0.2) is 0 Å². The molecule has 0 spiro atoms. The third kappa shape index (κ3) is 2.01. The Kier molecular flexibility index (Phi) is 3.07. The van der Waals surface area contributed by atoms with Crippen molar-refractivity contribution in [1.29, 1.82) is 0 Å². The molecule has 2 N–H and O–H groups in total. The number of nitrogens with zero attached hydrogens (tertiary/aromatic N) is 2. The van der Waals surface area contributed by atoms with E-state index in [2.05, 4.69) is 4.98 Å². The molecule has 0 atom stereocenters. The van der Waals surface area contributed by atoms with Crippen molar-refractivity contribution in [3.63, 3.8) is 0 Å². The molecule has 0 unspecified atom stereocenters. The van der Waals surface area contributed by atoms with Gasteiger partial charge in [-0.1, -0.05) is 29.3 Å². The van der Waals surface area contributed by atoms with Gasteiger partial charge in [-0.3, -0.25) is 4.57 Å². The van der Waals surface area contributed by atoms with Gasteiger partial charge in [-0.2, -0.15) is 0 Å². The highest BCUT2D eigenvalue weighted by molar-refractivity contribution is 6.32. The van der Waals surface area contributed by atoms with Crippen LogP contribution in [0.5, 0.6) is 0 Å². The molecule has 0 fully saturated rings. The first-order valence-corrected chi connectivity index (χ1v) is 6.62. The molecule has 1 heterocycles. The minimum Gasteiger partial charge on any atom is -0.369 e. The summed E-state index contributed by atoms with van der Waals surface area (Å²) in [4.78, 5) is 4.19. The van der Waals surface area contributed by atoms with Gasteiger partial charge >= 0.3 is 0 Å². The fourth-order valence-corrected chi connectivity index (χ4v) is 2.62. The van der Waals surface area contributed by atoms with Gasteiger partial charge in [0.25, 0.3) is 0 Å². The molecule has 3 nitrogen and oxygen atoms in total. The van der Waals surface area contributed by atoms with E-state index in [4.69, 9.17) is 28.9 Å². The third-order valence-electron chi connectivity index (χ3n) is 3.07. The lowest BCUT2D eigenvalue weighted by atomic mass is 10.2. The fraction of sp³-hybridized carbons (Fsp3) is 0.0714. The topological polar surface area (TPSA) is 43.8 Å². The fourth-order valence-electron chi connectivity index (χ4n) is 2.14. The Balaban J connectivity index is 2.35. The highest BCUT2D eigenvalue weighted by atomic mass is 35.5. The summed E-state index contributed by atoms with van der Waals surface area (Å²) < 4.78 is 15.3. The van der Waals surface area contributed by atoms with E-state index in [0.717, 1.165) is 5.56 Å². The third-order valence-corrected chi connectivity index (χ3v) is 3.66. The zero-order valence-electron chi connectivity index (χ0n) is 10.5. The maximum atomic E-state index is 13.7. The smallest absolute Gasteiger partial charge is 0.205 e. The van der Waals surface area contributed by atoms with Crippen LogP contribution in [0.2, 0.25) is 10.0 Å². The largest absolute Gasteiger partial charge is 0.369 e. The first-order valence-electron chi connectivity index (χ1n) is 5.87. The lowest BCUT2D eigenvalue weighted by Crippen LogP contribution is -2.01. The van der Waals surface area contributed by atoms with Gasteiger partial charge in [-0.05, 0) is 30.7 Å². The number of imidazole rings is 1. The number of fused-ring (bicyclic) bond motifs is 1. The molecule has 0 aliphatic carbocycles. The lowest BCUT2D eigenvalue weighted by molar-refractivity contribution is 0.629. The standard InChI is InChI=1S/C14H10Cl2FN3/c1-7-2-3-12(9(16)4-7)20-13-6-10(17)8(15)5-11(13)19-14(20)18/h2-6H,1H3,(H2,18,19). The van der Waals surface area contributed by atoms with Gasteiger partial charge in [-0.25, -0.2) is 9.37 Å². The zero-order chi connectivity index (χ0) is 14.4. The van der Waals surface area contributed by atoms with Gasteiger partial charge in [-0.15, -0.1) is 0 Å². The van der Waals surface area contributed by atoms with E-state index in [1.54, 1.807) is 4.57 Å². The quantitative estimate of drug-likeness (QED) is 0.725. The van der Waals surface area contributed by atoms with Crippen molar-refractivity contribution in [2.45, 2.75) is 6.92 Å². The summed E-state index contributed by atoms with van der Waals surface area (Å²) in [6.45, 7) is 1.93. The molecule has 1 aromatic heterocycles. The average Bonchev–Trinajstić information content (AvgIpc) is 2.66. The number of nitrogen functional groups attached to an aromatic ring is 1. The monoisotopic (exact) mass is 309 g/mol. The average molecular weight is 310 g/mol. The predicted octanol–water partition coefficient (Wildman–Crippen LogP) is 4.36. The van der Waals surface area contributed by atoms with E-state index >= 15 is 0 Å². The Morgan fingerprint density at radius 2 is 1.90 bits per heavy atom. The van der Waals surface area contributed by atoms with Crippen molar-refractivity contribution >= 4 is 40.2 Å². The second-order valence-electron chi connectivity index (χ2n) is 4.52. The molecular weight excluding hydrogens is 300 g/mol. The van der Waals surface area contributed by atoms with Crippen molar-refractivity contribution in [3.05, 3.63) is 51.8 Å². The van der Waals surface area contributed by atoms with E-state index in [0.29, 0.717) is 21.7 Å². The van der Waals surface area contributed by atoms with Crippen LogP contribution in [-0.4, -0.2) is 9.55 Å². The number of aromatic nitrogens is 2. The highest BCUT2D eigenvalue weighted by Crippen LogP contribution is 2.31. The van der Waals surface area contributed by atoms with E-state index < -0.39 is 5.82 Å². The van der Waals surface area contributed by atoms with Crippen LogP contribution in [-0.2, 0) is 0 Å². The number of aryl methyl sites for hydroxylation is 1. The van der Waals surface area contributed by atoms with Crippen LogP contribution >= 0.6 is 23.2 Å². The molecule has 3 aromatic rings. The number of nitrogens with two attached hydrogens (primary N) is 1. The second kappa shape index (κ2) is 4.65. The van der Waals surface area contributed by atoms with E-state index in [1.807, 2.05) is 25.1 Å². The van der Waals surface area contributed by atoms with Crippen molar-refractivity contribution in [1.82, 2.24) is 9.55 Å². The van der Waals surface area contributed by atoms with Crippen LogP contribution < -0.4 is 5.73 Å². The van der Waals surface area contributed by atoms with Crippen molar-refractivity contribution in [3.8, 4) is 5.69 Å². The second-order valence-corrected chi connectivity index (χ2v) is 5.33. The van der Waals surface area contributed by atoms with Crippen molar-refractivity contribution in [2.75, 3.05) is 5.73 Å². The van der Waals surface area contributed by atoms with Gasteiger partial charge in [0.05, 0.1) is 26.8 Å². The molecule has 0 bridgehead atoms. The van der Waals surface area contributed by atoms with Crippen LogP contribution in [0.3, 0.4) is 0 Å². The molecule has 0 radical (unpaired) electrons. The maximum Gasteiger partial charge on any atom is 0.205 e. The molecule has 0 saturated carbocycles. The summed E-state index contributed by atoms with van der Waals surface area (Å²) in [7, 11) is 0. The number of benzene rings is 2. The lowest BCUT2D eigenvalue weighted by Gasteiger charge is -2.09. The van der Waals surface area contributed by atoms with Crippen LogP contribution in [0.4, 0.5) is 10.3 Å². The number of rotatable bonds is 1. The Hall–Kier alpha value is -1.78. The number of hydrogen-bond donors (Lipinski definition) is 1. The van der Waals surface area contributed by atoms with E-state index in [1.165, 1.54) is 12.1 Å². The van der Waals surface area contributed by atoms with Crippen LogP contribution in [0.1, 0.15) is 5.56 Å². The molecular formula is C14H10Cl2FN3. The number of anilines is 1. The molecule has 2 aromatic carbocycles. The van der Waals surface area contributed by atoms with Gasteiger partial charge < -0.3 is 5.73 Å². The Bertz CT molecular complexity index is 827. The van der Waals surface area contributed by atoms with Crippen LogP contribution in [0.15, 0.2) is 30.3 Å². The molecule has 3 rings (SSSR count). The molecule has 0 aliphatic rings. The predicted molar refractivity (Wildman–Crippen MR) is 80.2 cm³/mol. The molecule has 6 heteroatoms. The summed E-state index contributed by atoms with van der Waals surface area (Å²) in [5.41, 5.74) is 8.64. The number of hydrogen-bond acceptors (Lipinski definition) is 2. The Morgan fingerprint density at radius 1 is 1.15 bits per heavy atom. The van der Waals surface area contributed by atoms with E-state index in [9.17, 15) is 4.39 Å². The maximum absolute atomic E-state index is 13.7. The molecule has 20 heavy (non-hydrogen) atoms. The molecule has 102 valence electrons. The first-order chi connectivity index (χ1) is 9.47. The SMILES string of the molecule is Cc1ccc(-n2c(N)nc3cc(Cl)c(F)cc32)c(Cl)c1. The van der Waals surface area contributed by atoms with E-state index in [-0.39, 0.29) is 11.0 Å². The summed E-state index contributed by atoms with van der Waals surface area (Å²) in [6, 6.07) is 8.28. The highest BCUT2D eigenvalue weighted by Gasteiger charge is 2.15. The summed E-state index contributed by atoms with van der Waals surface area (Å²) in [5.74, 6) is -0.295. The Morgan fingerprint density at radius 3 is 2.60 bits per heavy atom. The van der Waals surface area contributed by atoms with Crippen molar-refractivity contribution < 1.29 is 4.39 Å². The normalized spacial score (nSPS) is 11.2. The molecule has 0 aliphatic heterocycles. The minimum absolute atomic E-state index is 0.0113. The van der Waals surface area contributed by atoms with Crippen LogP contribution in [0.25, 0.3) is 16.7 Å². The van der Waals surface area contributed by atoms with Crippen LogP contribution in [0, 0.1) is 12.7 Å². The van der Waals surface area contributed by atoms with Crippen molar-refractivity contribution in [2.24, 2.45) is 0 Å². The molecule has 0 saturated heterocycles. The summed E-state index contributed by atoms with van der Waals surface area (Å²) in [5, 5.41) is 0.531. The van der Waals surface area contributed by atoms with Gasteiger partial charge in [0, 0.05) is 6.07 Å². The Labute approximate surface area is 124 Å². The molecule has 0 amide bonds. The zero-order valence-corrected chi connectivity index (χ0v) is 12.0.